The van der Waals surface area contributed by atoms with Gasteiger partial charge in [0.05, 0.1) is 0 Å². The lowest BCUT2D eigenvalue weighted by Crippen LogP contribution is -2.30. The van der Waals surface area contributed by atoms with E-state index in [2.05, 4.69) is 14.1 Å². The minimum Gasteiger partial charge on any atom is -0.298 e. The second-order valence-corrected chi connectivity index (χ2v) is 11.3. The van der Waals surface area contributed by atoms with Crippen molar-refractivity contribution in [2.45, 2.75) is 18.1 Å². The Labute approximate surface area is 199 Å². The zero-order valence-electron chi connectivity index (χ0n) is 18.0. The number of rotatable bonds is 10. The Morgan fingerprint density at radius 1 is 0.686 bits per heavy atom. The molecule has 0 bridgehead atoms. The molecule has 0 unspecified atom stereocenters. The fourth-order valence-electron chi connectivity index (χ4n) is 3.05. The lowest BCUT2D eigenvalue weighted by molar-refractivity contribution is -0.165. The molecule has 1 atom stereocenters. The second-order valence-electron chi connectivity index (χ2n) is 7.27. The van der Waals surface area contributed by atoms with Crippen molar-refractivity contribution in [1.82, 2.24) is 5.09 Å². The minimum atomic E-state index is -5.07. The van der Waals surface area contributed by atoms with E-state index in [0.29, 0.717) is 10.6 Å². The van der Waals surface area contributed by atoms with Crippen molar-refractivity contribution >= 4 is 26.3 Å². The highest BCUT2D eigenvalue weighted by atomic mass is 31.2. The highest BCUT2D eigenvalue weighted by Crippen LogP contribution is 2.62. The largest absolute Gasteiger partial charge is 0.412 e. The molecule has 0 aliphatic carbocycles. The SMILES string of the molecule is O=P(OCC(F)(F)F)(OCC(F)(F)F)[C@H](NP(c1ccccc1)c1ccccc1)c1ccccc1. The normalized spacial score (nSPS) is 13.7. The van der Waals surface area contributed by atoms with Crippen LogP contribution in [-0.2, 0) is 13.6 Å². The Balaban J connectivity index is 2.09. The lowest BCUT2D eigenvalue weighted by Gasteiger charge is -2.32. The van der Waals surface area contributed by atoms with E-state index in [4.69, 9.17) is 0 Å². The summed E-state index contributed by atoms with van der Waals surface area (Å²) in [5.41, 5.74) is 0.152. The number of hydrogen-bond acceptors (Lipinski definition) is 4. The molecule has 188 valence electrons. The van der Waals surface area contributed by atoms with Crippen molar-refractivity contribution < 1.29 is 40.0 Å². The first-order chi connectivity index (χ1) is 16.5. The molecule has 0 spiro atoms. The highest BCUT2D eigenvalue weighted by molar-refractivity contribution is 7.71. The summed E-state index contributed by atoms with van der Waals surface area (Å²) in [6.45, 7) is -4.08. The van der Waals surface area contributed by atoms with Gasteiger partial charge in [0.2, 0.25) is 0 Å². The Morgan fingerprint density at radius 2 is 1.06 bits per heavy atom. The third-order valence-electron chi connectivity index (χ3n) is 4.53. The third-order valence-corrected chi connectivity index (χ3v) is 8.91. The van der Waals surface area contributed by atoms with E-state index in [1.165, 1.54) is 24.3 Å². The Kier molecular flexibility index (Phi) is 9.13. The molecule has 0 saturated carbocycles. The van der Waals surface area contributed by atoms with Crippen LogP contribution in [0.25, 0.3) is 0 Å². The summed E-state index contributed by atoms with van der Waals surface area (Å²) in [6, 6.07) is 25.0. The number of halogens is 6. The first-order valence-electron chi connectivity index (χ1n) is 10.2. The minimum absolute atomic E-state index is 0.152. The molecule has 0 amide bonds. The molecule has 0 saturated heterocycles. The standard InChI is InChI=1S/C23H21F6NO3P2/c24-22(25,26)16-32-35(31,33-17-23(27,28)29)21(18-10-4-1-5-11-18)30-34(19-12-6-2-7-13-19)20-14-8-3-9-15-20/h1-15,21,30H,16-17H2/t21-/m0/s1. The van der Waals surface area contributed by atoms with Crippen LogP contribution in [0.3, 0.4) is 0 Å². The smallest absolute Gasteiger partial charge is 0.298 e. The topological polar surface area (TPSA) is 47.6 Å². The quantitative estimate of drug-likeness (QED) is 0.233. The summed E-state index contributed by atoms with van der Waals surface area (Å²) in [5, 5.41) is 4.44. The molecule has 0 radical (unpaired) electrons. The first kappa shape index (κ1) is 27.4. The van der Waals surface area contributed by atoms with Crippen molar-refractivity contribution in [2.75, 3.05) is 13.2 Å². The van der Waals surface area contributed by atoms with E-state index in [1.807, 2.05) is 0 Å². The molecule has 3 aromatic rings. The van der Waals surface area contributed by atoms with Gasteiger partial charge in [-0.2, -0.15) is 26.3 Å². The van der Waals surface area contributed by atoms with E-state index in [-0.39, 0.29) is 5.56 Å². The van der Waals surface area contributed by atoms with Crippen molar-refractivity contribution in [2.24, 2.45) is 0 Å². The molecule has 3 rings (SSSR count). The van der Waals surface area contributed by atoms with Crippen molar-refractivity contribution in [1.29, 1.82) is 0 Å². The van der Waals surface area contributed by atoms with Crippen molar-refractivity contribution in [3.63, 3.8) is 0 Å². The molecule has 0 heterocycles. The Bertz CT molecular complexity index is 1040. The van der Waals surface area contributed by atoms with Gasteiger partial charge in [-0.25, -0.2) is 0 Å². The summed E-state index contributed by atoms with van der Waals surface area (Å²) < 4.78 is 101. The number of benzene rings is 3. The van der Waals surface area contributed by atoms with Crippen molar-refractivity contribution in [3.8, 4) is 0 Å². The summed E-state index contributed by atoms with van der Waals surface area (Å²) in [7, 11) is -6.67. The lowest BCUT2D eigenvalue weighted by atomic mass is 10.2. The van der Waals surface area contributed by atoms with E-state index in [9.17, 15) is 30.9 Å². The van der Waals surface area contributed by atoms with Crippen LogP contribution in [0.1, 0.15) is 11.3 Å². The van der Waals surface area contributed by atoms with Crippen LogP contribution in [0.4, 0.5) is 26.3 Å². The van der Waals surface area contributed by atoms with Crippen LogP contribution in [0.5, 0.6) is 0 Å². The van der Waals surface area contributed by atoms with Gasteiger partial charge < -0.3 is 0 Å². The van der Waals surface area contributed by atoms with Crippen LogP contribution in [0.2, 0.25) is 0 Å². The molecule has 12 heteroatoms. The van der Waals surface area contributed by atoms with Crippen LogP contribution in [-0.4, -0.2) is 25.6 Å². The number of alkyl halides is 6. The first-order valence-corrected chi connectivity index (χ1v) is 13.2. The van der Waals surface area contributed by atoms with Gasteiger partial charge in [0, 0.05) is 8.07 Å². The highest BCUT2D eigenvalue weighted by Gasteiger charge is 2.45. The van der Waals surface area contributed by atoms with Gasteiger partial charge in [0.25, 0.3) is 0 Å². The molecule has 3 aromatic carbocycles. The van der Waals surface area contributed by atoms with Crippen LogP contribution in [0, 0.1) is 0 Å². The second kappa shape index (κ2) is 11.7. The molecule has 1 N–H and O–H groups in total. The molecule has 4 nitrogen and oxygen atoms in total. The number of nitrogens with one attached hydrogen (secondary N) is 1. The van der Waals surface area contributed by atoms with E-state index < -0.39 is 47.0 Å². The maximum atomic E-state index is 13.7. The summed E-state index contributed by atoms with van der Waals surface area (Å²) in [6.07, 6.45) is -9.88. The Hall–Kier alpha value is -2.22. The molecule has 0 aliphatic rings. The predicted molar refractivity (Wildman–Crippen MR) is 123 cm³/mol. The van der Waals surface area contributed by atoms with Gasteiger partial charge in [-0.05, 0) is 16.2 Å². The van der Waals surface area contributed by atoms with Gasteiger partial charge in [-0.3, -0.25) is 18.7 Å². The third kappa shape index (κ3) is 8.44. The van der Waals surface area contributed by atoms with Crippen LogP contribution in [0.15, 0.2) is 91.0 Å². The summed E-state index contributed by atoms with van der Waals surface area (Å²) >= 11 is 0. The summed E-state index contributed by atoms with van der Waals surface area (Å²) in [4.78, 5) is 0. The maximum Gasteiger partial charge on any atom is 0.412 e. The van der Waals surface area contributed by atoms with Gasteiger partial charge in [-0.1, -0.05) is 91.0 Å². The molecular weight excluding hydrogens is 514 g/mol. The fourth-order valence-corrected chi connectivity index (χ4v) is 7.46. The van der Waals surface area contributed by atoms with E-state index in [1.54, 1.807) is 66.7 Å². The fraction of sp³-hybridized carbons (Fsp3) is 0.217. The average molecular weight is 535 g/mol. The molecular formula is C23H21F6NO3P2. The number of hydrogen-bond donors (Lipinski definition) is 1. The van der Waals surface area contributed by atoms with E-state index in [0.717, 1.165) is 0 Å². The van der Waals surface area contributed by atoms with E-state index >= 15 is 0 Å². The molecule has 35 heavy (non-hydrogen) atoms. The van der Waals surface area contributed by atoms with Gasteiger partial charge in [0.1, 0.15) is 5.78 Å². The van der Waals surface area contributed by atoms with Gasteiger partial charge in [-0.15, -0.1) is 0 Å². The molecule has 0 aliphatic heterocycles. The predicted octanol–water partition coefficient (Wildman–Crippen LogP) is 6.67. The van der Waals surface area contributed by atoms with Crippen LogP contribution >= 0.6 is 15.7 Å². The van der Waals surface area contributed by atoms with Crippen molar-refractivity contribution in [3.05, 3.63) is 96.6 Å². The van der Waals surface area contributed by atoms with Gasteiger partial charge >= 0.3 is 19.9 Å². The zero-order chi connectivity index (χ0) is 25.5. The maximum absolute atomic E-state index is 13.7. The van der Waals surface area contributed by atoms with Crippen LogP contribution < -0.4 is 15.7 Å². The van der Waals surface area contributed by atoms with Gasteiger partial charge in [0.15, 0.2) is 13.2 Å². The monoisotopic (exact) mass is 535 g/mol. The molecule has 0 fully saturated rings. The Morgan fingerprint density at radius 3 is 1.43 bits per heavy atom. The average Bonchev–Trinajstić information content (AvgIpc) is 2.83. The zero-order valence-corrected chi connectivity index (χ0v) is 19.8. The summed E-state index contributed by atoms with van der Waals surface area (Å²) in [5.74, 6) is -1.63. The molecule has 0 aromatic heterocycles.